The number of benzene rings is 8. The molecule has 0 radical (unpaired) electrons. The van der Waals surface area contributed by atoms with Crippen molar-refractivity contribution in [2.45, 2.75) is 130 Å². The SMILES string of the molecule is CC(C)c1cccc(C(C)C)c1-c1ccc2c(c1)N(c1cc(Oc3ccc4c5cc(C(C)(C)C)ccc5n(-c5cc(C(C)(C)c6ccccc6)ccn5)c4c3)cc(C(C)(C)c3ccccc3)c1)CN2c1cccc(C(C)(C)C)c1. The third-order valence-electron chi connectivity index (χ3n) is 17.0. The number of hydrogen-bond donors (Lipinski definition) is 0. The van der Waals surface area contributed by atoms with Crippen LogP contribution in [-0.2, 0) is 21.7 Å². The molecular formula is C74H78N4O. The van der Waals surface area contributed by atoms with Gasteiger partial charge in [0.25, 0.3) is 0 Å². The molecule has 0 unspecified atom stereocenters. The molecule has 0 aliphatic carbocycles. The Kier molecular flexibility index (Phi) is 13.5. The second-order valence-corrected chi connectivity index (χ2v) is 25.8. The van der Waals surface area contributed by atoms with Gasteiger partial charge in [0.05, 0.1) is 22.4 Å². The Morgan fingerprint density at radius 1 is 0.418 bits per heavy atom. The molecule has 2 aromatic heterocycles. The molecule has 0 saturated heterocycles. The molecule has 0 amide bonds. The van der Waals surface area contributed by atoms with Crippen LogP contribution in [0.1, 0.15) is 153 Å². The molecule has 0 N–H and O–H groups in total. The summed E-state index contributed by atoms with van der Waals surface area (Å²) in [6.07, 6.45) is 1.96. The Morgan fingerprint density at radius 3 is 1.66 bits per heavy atom. The van der Waals surface area contributed by atoms with Crippen LogP contribution in [-0.4, -0.2) is 16.2 Å². The Morgan fingerprint density at radius 2 is 1.01 bits per heavy atom. The van der Waals surface area contributed by atoms with Crippen LogP contribution in [0.15, 0.2) is 194 Å². The number of ether oxygens (including phenoxy) is 1. The molecule has 5 heteroatoms. The number of pyridine rings is 1. The normalized spacial score (nSPS) is 13.3. The second-order valence-electron chi connectivity index (χ2n) is 25.8. The van der Waals surface area contributed by atoms with E-state index < -0.39 is 0 Å². The lowest BCUT2D eigenvalue weighted by atomic mass is 9.78. The predicted molar refractivity (Wildman–Crippen MR) is 335 cm³/mol. The first-order chi connectivity index (χ1) is 37.6. The van der Waals surface area contributed by atoms with Gasteiger partial charge in [-0.25, -0.2) is 4.98 Å². The van der Waals surface area contributed by atoms with Crippen molar-refractivity contribution in [1.29, 1.82) is 0 Å². The number of fused-ring (bicyclic) bond motifs is 4. The zero-order valence-corrected chi connectivity index (χ0v) is 49.0. The van der Waals surface area contributed by atoms with Crippen LogP contribution in [0, 0.1) is 0 Å². The minimum Gasteiger partial charge on any atom is -0.457 e. The Balaban J connectivity index is 1.09. The van der Waals surface area contributed by atoms with Gasteiger partial charge in [-0.1, -0.05) is 200 Å². The average Bonchev–Trinajstić information content (AvgIpc) is 4.22. The first-order valence-corrected chi connectivity index (χ1v) is 28.5. The summed E-state index contributed by atoms with van der Waals surface area (Å²) in [5, 5.41) is 2.35. The van der Waals surface area contributed by atoms with Gasteiger partial charge in [-0.05, 0) is 151 Å². The molecule has 0 atom stereocenters. The molecule has 0 bridgehead atoms. The number of aromatic nitrogens is 2. The highest BCUT2D eigenvalue weighted by Gasteiger charge is 2.33. The van der Waals surface area contributed by atoms with E-state index in [0.29, 0.717) is 18.5 Å². The highest BCUT2D eigenvalue weighted by molar-refractivity contribution is 6.10. The fourth-order valence-electron chi connectivity index (χ4n) is 11.9. The molecule has 1 aliphatic rings. The number of nitrogens with zero attached hydrogens (tertiary/aromatic N) is 4. The minimum atomic E-state index is -0.367. The van der Waals surface area contributed by atoms with Gasteiger partial charge in [0.2, 0.25) is 0 Å². The van der Waals surface area contributed by atoms with Crippen LogP contribution in [0.5, 0.6) is 11.5 Å². The number of hydrogen-bond acceptors (Lipinski definition) is 4. The maximum Gasteiger partial charge on any atom is 0.137 e. The molecule has 0 spiro atoms. The third-order valence-corrected chi connectivity index (χ3v) is 17.0. The van der Waals surface area contributed by atoms with Crippen LogP contribution in [0.25, 0.3) is 38.8 Å². The van der Waals surface area contributed by atoms with Crippen LogP contribution in [0.3, 0.4) is 0 Å². The standard InChI is InChI=1S/C74H78N4O/c1-48(2)61-29-22-30-62(49(3)4)70(61)50-31-35-66-68(39-50)77(47-76(66)57-28-21-27-53(40-57)71(5,6)7)58-41-56(74(13,14)52-25-19-16-20-26-52)42-60(45-58)79-59-33-34-63-64-43-54(72(8,9)10)32-36-65(64)78(67(63)46-59)69-44-55(37-38-75-69)73(11,12)51-23-17-15-18-24-51/h15-46,48-49H,47H2,1-14H3. The minimum absolute atomic E-state index is 0.00786. The molecule has 11 rings (SSSR count). The zero-order chi connectivity index (χ0) is 55.8. The summed E-state index contributed by atoms with van der Waals surface area (Å²) in [4.78, 5) is 10.1. The summed E-state index contributed by atoms with van der Waals surface area (Å²) < 4.78 is 9.65. The molecule has 5 nitrogen and oxygen atoms in total. The Bertz CT molecular complexity index is 3860. The van der Waals surface area contributed by atoms with E-state index in [1.807, 2.05) is 6.20 Å². The van der Waals surface area contributed by atoms with Crippen LogP contribution < -0.4 is 14.5 Å². The fourth-order valence-corrected chi connectivity index (χ4v) is 11.9. The number of anilines is 4. The highest BCUT2D eigenvalue weighted by atomic mass is 16.5. The molecule has 10 aromatic rings. The summed E-state index contributed by atoms with van der Waals surface area (Å²) in [6, 6.07) is 69.7. The van der Waals surface area contributed by atoms with Gasteiger partial charge >= 0.3 is 0 Å². The molecule has 3 heterocycles. The number of rotatable bonds is 12. The Hall–Kier alpha value is -7.89. The van der Waals surface area contributed by atoms with Crippen LogP contribution in [0.2, 0.25) is 0 Å². The molecule has 79 heavy (non-hydrogen) atoms. The highest BCUT2D eigenvalue weighted by Crippen LogP contribution is 2.50. The van der Waals surface area contributed by atoms with Crippen LogP contribution >= 0.6 is 0 Å². The van der Waals surface area contributed by atoms with E-state index in [9.17, 15) is 0 Å². The van der Waals surface area contributed by atoms with Gasteiger partial charge < -0.3 is 14.5 Å². The first-order valence-electron chi connectivity index (χ1n) is 28.5. The van der Waals surface area contributed by atoms with E-state index in [1.165, 1.54) is 72.5 Å². The van der Waals surface area contributed by atoms with Gasteiger partial charge in [-0.15, -0.1) is 0 Å². The maximum atomic E-state index is 7.31. The zero-order valence-electron chi connectivity index (χ0n) is 49.0. The molecule has 0 fully saturated rings. The van der Waals surface area contributed by atoms with Gasteiger partial charge in [0.1, 0.15) is 24.0 Å². The van der Waals surface area contributed by atoms with Crippen molar-refractivity contribution in [2.24, 2.45) is 0 Å². The fraction of sp³-hybridized carbons (Fsp3) is 0.284. The summed E-state index contributed by atoms with van der Waals surface area (Å²) in [5.41, 5.74) is 18.9. The van der Waals surface area contributed by atoms with Crippen molar-refractivity contribution in [3.8, 4) is 28.4 Å². The van der Waals surface area contributed by atoms with E-state index in [4.69, 9.17) is 9.72 Å². The second kappa shape index (κ2) is 20.1. The van der Waals surface area contributed by atoms with Crippen molar-refractivity contribution in [3.05, 3.63) is 239 Å². The van der Waals surface area contributed by atoms with Crippen molar-refractivity contribution >= 4 is 44.6 Å². The molecule has 400 valence electrons. The van der Waals surface area contributed by atoms with Gasteiger partial charge in [0, 0.05) is 51.3 Å². The maximum absolute atomic E-state index is 7.31. The topological polar surface area (TPSA) is 33.5 Å². The van der Waals surface area contributed by atoms with E-state index >= 15 is 0 Å². The predicted octanol–water partition coefficient (Wildman–Crippen LogP) is 20.4. The van der Waals surface area contributed by atoms with Crippen molar-refractivity contribution in [3.63, 3.8) is 0 Å². The van der Waals surface area contributed by atoms with E-state index in [1.54, 1.807) is 0 Å². The van der Waals surface area contributed by atoms with E-state index in [0.717, 1.165) is 45.0 Å². The smallest absolute Gasteiger partial charge is 0.137 e. The van der Waals surface area contributed by atoms with Crippen molar-refractivity contribution < 1.29 is 4.74 Å². The van der Waals surface area contributed by atoms with Gasteiger partial charge in [-0.2, -0.15) is 0 Å². The summed E-state index contributed by atoms with van der Waals surface area (Å²) in [6.45, 7) is 32.9. The lowest BCUT2D eigenvalue weighted by Crippen LogP contribution is -2.25. The molecule has 1 aliphatic heterocycles. The van der Waals surface area contributed by atoms with Crippen molar-refractivity contribution in [2.75, 3.05) is 16.5 Å². The summed E-state index contributed by atoms with van der Waals surface area (Å²) in [7, 11) is 0. The van der Waals surface area contributed by atoms with Crippen molar-refractivity contribution in [1.82, 2.24) is 9.55 Å². The quantitative estimate of drug-likeness (QED) is 0.122. The lowest BCUT2D eigenvalue weighted by molar-refractivity contribution is 0.480. The third kappa shape index (κ3) is 9.92. The average molecular weight is 1040 g/mol. The molecule has 8 aromatic carbocycles. The summed E-state index contributed by atoms with van der Waals surface area (Å²) in [5.74, 6) is 3.13. The largest absolute Gasteiger partial charge is 0.457 e. The van der Waals surface area contributed by atoms with Gasteiger partial charge in [-0.3, -0.25) is 4.57 Å². The first kappa shape index (κ1) is 53.1. The van der Waals surface area contributed by atoms with E-state index in [2.05, 4.69) is 299 Å². The summed E-state index contributed by atoms with van der Waals surface area (Å²) >= 11 is 0. The lowest BCUT2D eigenvalue weighted by Gasteiger charge is -2.29. The monoisotopic (exact) mass is 1040 g/mol. The van der Waals surface area contributed by atoms with E-state index in [-0.39, 0.29) is 21.7 Å². The van der Waals surface area contributed by atoms with Crippen LogP contribution in [0.4, 0.5) is 22.7 Å². The molecule has 0 saturated carbocycles. The van der Waals surface area contributed by atoms with Gasteiger partial charge in [0.15, 0.2) is 0 Å². The molecular weight excluding hydrogens is 961 g/mol. The Labute approximate surface area is 470 Å².